The molecule has 4 aromatic rings. The van der Waals surface area contributed by atoms with Crippen LogP contribution >= 0.6 is 27.7 Å². The van der Waals surface area contributed by atoms with Crippen LogP contribution in [0, 0.1) is 0 Å². The molecule has 0 aliphatic carbocycles. The van der Waals surface area contributed by atoms with Crippen molar-refractivity contribution in [3.8, 4) is 11.3 Å². The Labute approximate surface area is 173 Å². The number of fused-ring (bicyclic) bond motifs is 1. The smallest absolute Gasteiger partial charge is 0.250 e. The number of H-pyrrole nitrogens is 1. The van der Waals surface area contributed by atoms with Crippen LogP contribution in [0.3, 0.4) is 0 Å². The number of benzene rings is 2. The van der Waals surface area contributed by atoms with E-state index in [0.717, 1.165) is 26.8 Å². The summed E-state index contributed by atoms with van der Waals surface area (Å²) < 4.78 is 6.73. The Morgan fingerprint density at radius 2 is 2.00 bits per heavy atom. The molecule has 0 aliphatic rings. The number of hydrazone groups is 1. The van der Waals surface area contributed by atoms with Gasteiger partial charge in [-0.05, 0) is 36.4 Å². The Balaban J connectivity index is 1.29. The van der Waals surface area contributed by atoms with Crippen molar-refractivity contribution in [1.82, 2.24) is 15.4 Å². The quantitative estimate of drug-likeness (QED) is 0.248. The van der Waals surface area contributed by atoms with E-state index in [1.54, 1.807) is 6.07 Å². The second kappa shape index (κ2) is 8.45. The fourth-order valence-corrected chi connectivity index (χ4v) is 3.47. The van der Waals surface area contributed by atoms with Gasteiger partial charge < -0.3 is 9.40 Å². The predicted octanol–water partition coefficient (Wildman–Crippen LogP) is 4.83. The number of carbonyl (C=O) groups excluding carboxylic acids is 1. The molecule has 140 valence electrons. The average Bonchev–Trinajstić information content (AvgIpc) is 3.33. The van der Waals surface area contributed by atoms with Gasteiger partial charge in [0.25, 0.3) is 5.91 Å². The third kappa shape index (κ3) is 4.52. The summed E-state index contributed by atoms with van der Waals surface area (Å²) in [7, 11) is 0. The largest absolute Gasteiger partial charge is 0.455 e. The molecule has 0 fully saturated rings. The first-order valence-electron chi connectivity index (χ1n) is 8.42. The fourth-order valence-electron chi connectivity index (χ4n) is 2.52. The molecule has 8 heteroatoms. The van der Waals surface area contributed by atoms with Gasteiger partial charge in [0, 0.05) is 10.0 Å². The van der Waals surface area contributed by atoms with Crippen LogP contribution in [0.5, 0.6) is 0 Å². The number of aromatic nitrogens is 2. The van der Waals surface area contributed by atoms with Crippen LogP contribution in [0.2, 0.25) is 0 Å². The van der Waals surface area contributed by atoms with Crippen LogP contribution in [0.4, 0.5) is 0 Å². The molecule has 0 saturated carbocycles. The van der Waals surface area contributed by atoms with E-state index in [1.807, 2.05) is 54.6 Å². The summed E-state index contributed by atoms with van der Waals surface area (Å²) in [5.41, 5.74) is 5.28. The van der Waals surface area contributed by atoms with Crippen LogP contribution in [0.25, 0.3) is 22.4 Å². The van der Waals surface area contributed by atoms with Gasteiger partial charge in [-0.2, -0.15) is 5.10 Å². The second-order valence-electron chi connectivity index (χ2n) is 5.85. The lowest BCUT2D eigenvalue weighted by molar-refractivity contribution is -0.118. The molecule has 0 spiro atoms. The first-order valence-corrected chi connectivity index (χ1v) is 10.2. The zero-order valence-corrected chi connectivity index (χ0v) is 17.0. The molecule has 28 heavy (non-hydrogen) atoms. The molecule has 0 saturated heterocycles. The van der Waals surface area contributed by atoms with Crippen LogP contribution in [0.15, 0.2) is 79.8 Å². The highest BCUT2D eigenvalue weighted by molar-refractivity contribution is 9.10. The Morgan fingerprint density at radius 1 is 1.18 bits per heavy atom. The van der Waals surface area contributed by atoms with Crippen molar-refractivity contribution in [3.05, 3.63) is 70.9 Å². The number of aromatic amines is 1. The van der Waals surface area contributed by atoms with E-state index in [4.69, 9.17) is 4.42 Å². The van der Waals surface area contributed by atoms with E-state index in [9.17, 15) is 4.79 Å². The molecule has 0 atom stereocenters. The first-order chi connectivity index (χ1) is 13.7. The number of rotatable bonds is 6. The topological polar surface area (TPSA) is 83.3 Å². The minimum absolute atomic E-state index is 0.208. The van der Waals surface area contributed by atoms with Crippen LogP contribution in [-0.2, 0) is 4.79 Å². The molecule has 0 radical (unpaired) electrons. The summed E-state index contributed by atoms with van der Waals surface area (Å²) in [6.07, 6.45) is 1.48. The molecule has 2 aromatic heterocycles. The third-order valence-corrected chi connectivity index (χ3v) is 5.25. The first kappa shape index (κ1) is 18.5. The molecule has 2 aromatic carbocycles. The molecular weight excluding hydrogens is 440 g/mol. The summed E-state index contributed by atoms with van der Waals surface area (Å²) in [4.78, 5) is 19.5. The number of imidazole rings is 1. The van der Waals surface area contributed by atoms with Gasteiger partial charge in [-0.15, -0.1) is 0 Å². The van der Waals surface area contributed by atoms with E-state index < -0.39 is 0 Å². The summed E-state index contributed by atoms with van der Waals surface area (Å²) in [5, 5.41) is 4.65. The second-order valence-corrected chi connectivity index (χ2v) is 7.73. The van der Waals surface area contributed by atoms with Crippen molar-refractivity contribution < 1.29 is 9.21 Å². The minimum Gasteiger partial charge on any atom is -0.455 e. The molecule has 0 unspecified atom stereocenters. The molecule has 6 nitrogen and oxygen atoms in total. The average molecular weight is 455 g/mol. The van der Waals surface area contributed by atoms with Crippen molar-refractivity contribution in [2.24, 2.45) is 5.10 Å². The van der Waals surface area contributed by atoms with E-state index in [1.165, 1.54) is 18.0 Å². The van der Waals surface area contributed by atoms with Gasteiger partial charge >= 0.3 is 0 Å². The van der Waals surface area contributed by atoms with Gasteiger partial charge in [-0.3, -0.25) is 4.79 Å². The monoisotopic (exact) mass is 454 g/mol. The third-order valence-electron chi connectivity index (χ3n) is 3.84. The van der Waals surface area contributed by atoms with E-state index in [0.29, 0.717) is 10.9 Å². The molecular formula is C20H15BrN4O2S. The fraction of sp³-hybridized carbons (Fsp3) is 0.0500. The SMILES string of the molecule is O=C(CSc1nc2ccccc2[nH]1)N/N=C\c1ccc(-c2ccc(Br)cc2)o1. The maximum absolute atomic E-state index is 12.0. The highest BCUT2D eigenvalue weighted by atomic mass is 79.9. The van der Waals surface area contributed by atoms with E-state index in [2.05, 4.69) is 36.4 Å². The maximum atomic E-state index is 12.0. The number of furan rings is 1. The van der Waals surface area contributed by atoms with Crippen molar-refractivity contribution in [2.45, 2.75) is 5.16 Å². The number of carbonyl (C=O) groups is 1. The minimum atomic E-state index is -0.221. The van der Waals surface area contributed by atoms with Crippen molar-refractivity contribution in [1.29, 1.82) is 0 Å². The number of nitrogens with one attached hydrogen (secondary N) is 2. The lowest BCUT2D eigenvalue weighted by atomic mass is 10.2. The number of hydrogen-bond acceptors (Lipinski definition) is 5. The summed E-state index contributed by atoms with van der Waals surface area (Å²) >= 11 is 4.73. The lowest BCUT2D eigenvalue weighted by Gasteiger charge is -1.98. The Morgan fingerprint density at radius 3 is 2.82 bits per heavy atom. The van der Waals surface area contributed by atoms with Crippen LogP contribution in [0.1, 0.15) is 5.76 Å². The van der Waals surface area contributed by atoms with Crippen LogP contribution < -0.4 is 5.43 Å². The number of amides is 1. The number of para-hydroxylation sites is 2. The van der Waals surface area contributed by atoms with E-state index >= 15 is 0 Å². The highest BCUT2D eigenvalue weighted by Gasteiger charge is 2.07. The lowest BCUT2D eigenvalue weighted by Crippen LogP contribution is -2.19. The van der Waals surface area contributed by atoms with Gasteiger partial charge in [0.2, 0.25) is 0 Å². The zero-order valence-electron chi connectivity index (χ0n) is 14.6. The van der Waals surface area contributed by atoms with E-state index in [-0.39, 0.29) is 11.7 Å². The van der Waals surface area contributed by atoms with Gasteiger partial charge in [-0.1, -0.05) is 52.0 Å². The normalized spacial score (nSPS) is 11.3. The van der Waals surface area contributed by atoms with Crippen molar-refractivity contribution >= 4 is 50.8 Å². The van der Waals surface area contributed by atoms with Gasteiger partial charge in [0.15, 0.2) is 5.16 Å². The molecule has 1 amide bonds. The van der Waals surface area contributed by atoms with Gasteiger partial charge in [-0.25, -0.2) is 10.4 Å². The number of nitrogens with zero attached hydrogens (tertiary/aromatic N) is 2. The van der Waals surface area contributed by atoms with Crippen molar-refractivity contribution in [3.63, 3.8) is 0 Å². The number of hydrogen-bond donors (Lipinski definition) is 2. The highest BCUT2D eigenvalue weighted by Crippen LogP contribution is 2.23. The Kier molecular flexibility index (Phi) is 5.59. The summed E-state index contributed by atoms with van der Waals surface area (Å²) in [6.45, 7) is 0. The summed E-state index contributed by atoms with van der Waals surface area (Å²) in [5.74, 6) is 1.28. The summed E-state index contributed by atoms with van der Waals surface area (Å²) in [6, 6.07) is 19.2. The Bertz CT molecular complexity index is 1100. The maximum Gasteiger partial charge on any atom is 0.250 e. The molecule has 0 bridgehead atoms. The predicted molar refractivity (Wildman–Crippen MR) is 114 cm³/mol. The van der Waals surface area contributed by atoms with Crippen LogP contribution in [-0.4, -0.2) is 27.8 Å². The molecule has 2 heterocycles. The Hall–Kier alpha value is -2.84. The number of thioether (sulfide) groups is 1. The van der Waals surface area contributed by atoms with Gasteiger partial charge in [0.1, 0.15) is 11.5 Å². The number of halogens is 1. The standard InChI is InChI=1S/C20H15BrN4O2S/c21-14-7-5-13(6-8-14)18-10-9-15(27-18)11-22-25-19(26)12-28-20-23-16-3-1-2-4-17(16)24-20/h1-11H,12H2,(H,23,24)(H,25,26)/b22-11-. The zero-order chi connectivity index (χ0) is 19.3. The molecule has 2 N–H and O–H groups in total. The molecule has 4 rings (SSSR count). The van der Waals surface area contributed by atoms with Crippen molar-refractivity contribution in [2.75, 3.05) is 5.75 Å². The van der Waals surface area contributed by atoms with Gasteiger partial charge in [0.05, 0.1) is 23.0 Å². The molecule has 0 aliphatic heterocycles.